The summed E-state index contributed by atoms with van der Waals surface area (Å²) in [7, 11) is 0. The number of alkyl carbamates (subject to hydrolysis) is 1. The van der Waals surface area contributed by atoms with Gasteiger partial charge in [-0.15, -0.1) is 0 Å². The summed E-state index contributed by atoms with van der Waals surface area (Å²) in [5.41, 5.74) is 11.5. The maximum atomic E-state index is 12.5. The molecule has 5 rings (SSSR count). The van der Waals surface area contributed by atoms with E-state index < -0.39 is 11.7 Å². The van der Waals surface area contributed by atoms with Crippen molar-refractivity contribution in [3.8, 4) is 11.1 Å². The summed E-state index contributed by atoms with van der Waals surface area (Å²) in [5, 5.41) is 8.58. The summed E-state index contributed by atoms with van der Waals surface area (Å²) in [6.45, 7) is 7.67. The number of nitrogens with two attached hydrogens (primary N) is 1. The molecule has 0 radical (unpaired) electrons. The van der Waals surface area contributed by atoms with E-state index >= 15 is 0 Å². The van der Waals surface area contributed by atoms with E-state index in [1.807, 2.05) is 55.7 Å². The molecule has 4 aromatic rings. The smallest absolute Gasteiger partial charge is 0.407 e. The number of aromatic nitrogens is 4. The normalized spacial score (nSPS) is 18.1. The van der Waals surface area contributed by atoms with Crippen molar-refractivity contribution in [3.05, 3.63) is 54.1 Å². The highest BCUT2D eigenvalue weighted by atomic mass is 16.6. The molecule has 8 heteroatoms. The Labute approximate surface area is 185 Å². The largest absolute Gasteiger partial charge is 0.444 e. The number of nitrogen functional groups attached to an aromatic ring is 1. The third-order valence-corrected chi connectivity index (χ3v) is 5.94. The monoisotopic (exact) mass is 430 g/mol. The molecule has 3 N–H and O–H groups in total. The Balaban J connectivity index is 1.63. The molecule has 0 saturated heterocycles. The molecule has 164 valence electrons. The zero-order valence-electron chi connectivity index (χ0n) is 18.6. The predicted molar refractivity (Wildman–Crippen MR) is 123 cm³/mol. The van der Waals surface area contributed by atoms with E-state index in [1.54, 1.807) is 0 Å². The molecule has 8 nitrogen and oxygen atoms in total. The number of rotatable bonds is 2. The Bertz CT molecular complexity index is 1350. The summed E-state index contributed by atoms with van der Waals surface area (Å²) >= 11 is 0. The predicted octanol–water partition coefficient (Wildman–Crippen LogP) is 4.08. The lowest BCUT2D eigenvalue weighted by molar-refractivity contribution is 0.0500. The number of carbonyl (C=O) groups excluding carboxylic acids is 1. The number of hydrogen-bond acceptors (Lipinski definition) is 6. The Morgan fingerprint density at radius 3 is 2.81 bits per heavy atom. The molecule has 1 aromatic carbocycles. The fourth-order valence-corrected chi connectivity index (χ4v) is 4.60. The minimum absolute atomic E-state index is 0.0279. The standard InChI is InChI=1S/C24H26N6O2/c1-13-17(29-23(31)32-24(2,3)4)10-18-19(13)20(21-22(25)27-12-28-30(18)21)15-9-14-7-5-6-8-16(14)26-11-15/h5-9,11-13,17H,10H2,1-4H3,(H,29,31)(H2,25,27,28). The van der Waals surface area contributed by atoms with Gasteiger partial charge in [0.1, 0.15) is 17.4 Å². The molecule has 3 heterocycles. The number of fused-ring (bicyclic) bond motifs is 4. The van der Waals surface area contributed by atoms with Gasteiger partial charge in [-0.25, -0.2) is 14.3 Å². The van der Waals surface area contributed by atoms with E-state index in [1.165, 1.54) is 6.33 Å². The Kier molecular flexibility index (Phi) is 4.54. The fraction of sp³-hybridized carbons (Fsp3) is 0.333. The third kappa shape index (κ3) is 3.32. The van der Waals surface area contributed by atoms with Crippen molar-refractivity contribution in [2.45, 2.75) is 51.7 Å². The average Bonchev–Trinajstić information content (AvgIpc) is 3.22. The van der Waals surface area contributed by atoms with Gasteiger partial charge in [-0.2, -0.15) is 5.10 Å². The van der Waals surface area contributed by atoms with E-state index in [2.05, 4.69) is 33.4 Å². The van der Waals surface area contributed by atoms with E-state index in [4.69, 9.17) is 10.5 Å². The maximum Gasteiger partial charge on any atom is 0.407 e. The van der Waals surface area contributed by atoms with Crippen LogP contribution in [-0.2, 0) is 11.2 Å². The van der Waals surface area contributed by atoms with E-state index in [9.17, 15) is 4.79 Å². The molecule has 0 fully saturated rings. The van der Waals surface area contributed by atoms with Crippen LogP contribution in [0.15, 0.2) is 42.9 Å². The van der Waals surface area contributed by atoms with Crippen molar-refractivity contribution in [2.24, 2.45) is 0 Å². The van der Waals surface area contributed by atoms with Gasteiger partial charge in [-0.05, 0) is 38.5 Å². The highest BCUT2D eigenvalue weighted by molar-refractivity contribution is 5.95. The minimum atomic E-state index is -0.556. The first-order valence-corrected chi connectivity index (χ1v) is 10.7. The summed E-state index contributed by atoms with van der Waals surface area (Å²) in [5.74, 6) is 0.446. The minimum Gasteiger partial charge on any atom is -0.444 e. The molecule has 1 aliphatic carbocycles. The topological polar surface area (TPSA) is 107 Å². The van der Waals surface area contributed by atoms with Gasteiger partial charge in [0.25, 0.3) is 0 Å². The molecule has 2 atom stereocenters. The van der Waals surface area contributed by atoms with Crippen molar-refractivity contribution in [1.82, 2.24) is 24.9 Å². The number of nitrogens with zero attached hydrogens (tertiary/aromatic N) is 4. The highest BCUT2D eigenvalue weighted by Gasteiger charge is 2.38. The van der Waals surface area contributed by atoms with Gasteiger partial charge in [0.05, 0.1) is 5.52 Å². The molecule has 1 aliphatic rings. The molecular weight excluding hydrogens is 404 g/mol. The average molecular weight is 431 g/mol. The number of hydrogen-bond donors (Lipinski definition) is 2. The van der Waals surface area contributed by atoms with Crippen LogP contribution in [0.2, 0.25) is 0 Å². The summed E-state index contributed by atoms with van der Waals surface area (Å²) in [4.78, 5) is 21.3. The van der Waals surface area contributed by atoms with Crippen molar-refractivity contribution < 1.29 is 9.53 Å². The second-order valence-electron chi connectivity index (χ2n) is 9.30. The van der Waals surface area contributed by atoms with Crippen LogP contribution in [0.5, 0.6) is 0 Å². The molecule has 1 amide bonds. The molecule has 0 bridgehead atoms. The zero-order valence-corrected chi connectivity index (χ0v) is 18.6. The lowest BCUT2D eigenvalue weighted by Crippen LogP contribution is -2.40. The van der Waals surface area contributed by atoms with Crippen LogP contribution >= 0.6 is 0 Å². The van der Waals surface area contributed by atoms with Crippen molar-refractivity contribution in [3.63, 3.8) is 0 Å². The summed E-state index contributed by atoms with van der Waals surface area (Å²) < 4.78 is 7.34. The van der Waals surface area contributed by atoms with Crippen LogP contribution in [-0.4, -0.2) is 37.3 Å². The van der Waals surface area contributed by atoms with Gasteiger partial charge in [0, 0.05) is 46.8 Å². The molecule has 2 unspecified atom stereocenters. The first kappa shape index (κ1) is 20.2. The lowest BCUT2D eigenvalue weighted by Gasteiger charge is -2.24. The second-order valence-corrected chi connectivity index (χ2v) is 9.30. The van der Waals surface area contributed by atoms with Gasteiger partial charge in [-0.3, -0.25) is 4.98 Å². The number of para-hydroxylation sites is 1. The van der Waals surface area contributed by atoms with E-state index in [0.29, 0.717) is 12.2 Å². The lowest BCUT2D eigenvalue weighted by atomic mass is 9.94. The van der Waals surface area contributed by atoms with Crippen LogP contribution in [0, 0.1) is 0 Å². The number of amides is 1. The van der Waals surface area contributed by atoms with Gasteiger partial charge in [-0.1, -0.05) is 25.1 Å². The number of pyridine rings is 1. The van der Waals surface area contributed by atoms with Crippen molar-refractivity contribution >= 4 is 28.3 Å². The second kappa shape index (κ2) is 7.19. The number of ether oxygens (including phenoxy) is 1. The zero-order chi connectivity index (χ0) is 22.6. The third-order valence-electron chi connectivity index (χ3n) is 5.94. The van der Waals surface area contributed by atoms with Crippen LogP contribution in [0.25, 0.3) is 27.5 Å². The van der Waals surface area contributed by atoms with Crippen molar-refractivity contribution in [2.75, 3.05) is 5.73 Å². The Morgan fingerprint density at radius 2 is 2.03 bits per heavy atom. The fourth-order valence-electron chi connectivity index (χ4n) is 4.60. The molecule has 0 aliphatic heterocycles. The highest BCUT2D eigenvalue weighted by Crippen LogP contribution is 2.45. The van der Waals surface area contributed by atoms with E-state index in [-0.39, 0.29) is 12.0 Å². The SMILES string of the molecule is CC1c2c(-c3cnc4ccccc4c3)c3c(N)ncnn3c2CC1NC(=O)OC(C)(C)C. The molecule has 3 aromatic heterocycles. The van der Waals surface area contributed by atoms with Crippen LogP contribution in [0.3, 0.4) is 0 Å². The maximum absolute atomic E-state index is 12.5. The molecule has 0 spiro atoms. The number of nitrogens with one attached hydrogen (secondary N) is 1. The van der Waals surface area contributed by atoms with Gasteiger partial charge in [0.15, 0.2) is 5.82 Å². The first-order chi connectivity index (χ1) is 15.2. The number of anilines is 1. The molecule has 32 heavy (non-hydrogen) atoms. The molecular formula is C24H26N6O2. The van der Waals surface area contributed by atoms with Crippen LogP contribution in [0.4, 0.5) is 10.6 Å². The summed E-state index contributed by atoms with van der Waals surface area (Å²) in [6, 6.07) is 10.0. The van der Waals surface area contributed by atoms with Gasteiger partial charge < -0.3 is 15.8 Å². The first-order valence-electron chi connectivity index (χ1n) is 10.7. The quantitative estimate of drug-likeness (QED) is 0.496. The number of benzene rings is 1. The Morgan fingerprint density at radius 1 is 1.25 bits per heavy atom. The van der Waals surface area contributed by atoms with Crippen LogP contribution < -0.4 is 11.1 Å². The summed E-state index contributed by atoms with van der Waals surface area (Å²) in [6.07, 6.45) is 3.53. The van der Waals surface area contributed by atoms with Gasteiger partial charge in [0.2, 0.25) is 0 Å². The van der Waals surface area contributed by atoms with Crippen molar-refractivity contribution in [1.29, 1.82) is 0 Å². The number of carbonyl (C=O) groups is 1. The molecule has 0 saturated carbocycles. The van der Waals surface area contributed by atoms with Gasteiger partial charge >= 0.3 is 6.09 Å². The van der Waals surface area contributed by atoms with E-state index in [0.717, 1.165) is 38.8 Å². The van der Waals surface area contributed by atoms with Crippen LogP contribution in [0.1, 0.15) is 44.9 Å². The Hall–Kier alpha value is -3.68.